The molecular weight excluding hydrogens is 429 g/mol. The van der Waals surface area contributed by atoms with Crippen LogP contribution in [0.15, 0.2) is 66.7 Å². The van der Waals surface area contributed by atoms with Gasteiger partial charge in [0.2, 0.25) is 5.91 Å². The zero-order chi connectivity index (χ0) is 23.7. The molecule has 1 fully saturated rings. The molecule has 34 heavy (non-hydrogen) atoms. The van der Waals surface area contributed by atoms with E-state index in [1.165, 1.54) is 17.3 Å². The molecule has 5 rings (SSSR count). The number of benzene rings is 3. The number of ether oxygens (including phenoxy) is 1. The highest BCUT2D eigenvalue weighted by Gasteiger charge is 2.41. The molecule has 0 aliphatic carbocycles. The second kappa shape index (κ2) is 9.37. The molecule has 1 amide bonds. The predicted octanol–water partition coefficient (Wildman–Crippen LogP) is 4.33. The summed E-state index contributed by atoms with van der Waals surface area (Å²) < 4.78 is 19.6. The van der Waals surface area contributed by atoms with Crippen LogP contribution in [0.3, 0.4) is 0 Å². The molecule has 0 bridgehead atoms. The van der Waals surface area contributed by atoms with Crippen molar-refractivity contribution in [2.75, 3.05) is 36.5 Å². The van der Waals surface area contributed by atoms with Crippen molar-refractivity contribution in [2.45, 2.75) is 25.9 Å². The smallest absolute Gasteiger partial charge is 0.225 e. The number of anilines is 2. The zero-order valence-electron chi connectivity index (χ0n) is 19.6. The summed E-state index contributed by atoms with van der Waals surface area (Å²) in [4.78, 5) is 18.2. The molecule has 3 aromatic rings. The zero-order valence-corrected chi connectivity index (χ0v) is 19.6. The normalized spacial score (nSPS) is 19.3. The summed E-state index contributed by atoms with van der Waals surface area (Å²) >= 11 is 0. The van der Waals surface area contributed by atoms with Crippen LogP contribution >= 0.6 is 0 Å². The van der Waals surface area contributed by atoms with Gasteiger partial charge in [-0.05, 0) is 43.2 Å². The third-order valence-corrected chi connectivity index (χ3v) is 7.07. The average Bonchev–Trinajstić information content (AvgIpc) is 2.87. The van der Waals surface area contributed by atoms with Gasteiger partial charge in [-0.25, -0.2) is 4.39 Å². The van der Waals surface area contributed by atoms with Crippen molar-refractivity contribution in [1.82, 2.24) is 5.32 Å². The van der Waals surface area contributed by atoms with Gasteiger partial charge in [-0.15, -0.1) is 0 Å². The lowest BCUT2D eigenvalue weighted by Crippen LogP contribution is -2.61. The number of hydrogen-bond acceptors (Lipinski definition) is 4. The maximum atomic E-state index is 14.1. The Balaban J connectivity index is 1.42. The first-order chi connectivity index (χ1) is 16.5. The molecule has 5 nitrogen and oxygen atoms in total. The Morgan fingerprint density at radius 2 is 1.88 bits per heavy atom. The lowest BCUT2D eigenvalue weighted by atomic mass is 9.83. The minimum absolute atomic E-state index is 0.00952. The van der Waals surface area contributed by atoms with Crippen molar-refractivity contribution in [3.63, 3.8) is 0 Å². The van der Waals surface area contributed by atoms with Crippen LogP contribution in [0, 0.1) is 18.7 Å². The first kappa shape index (κ1) is 22.3. The van der Waals surface area contributed by atoms with Gasteiger partial charge in [-0.3, -0.25) is 4.79 Å². The van der Waals surface area contributed by atoms with Gasteiger partial charge in [-0.2, -0.15) is 0 Å². The molecule has 6 heteroatoms. The quantitative estimate of drug-likeness (QED) is 0.617. The van der Waals surface area contributed by atoms with Crippen LogP contribution in [0.2, 0.25) is 0 Å². The van der Waals surface area contributed by atoms with Crippen LogP contribution in [-0.4, -0.2) is 38.7 Å². The van der Waals surface area contributed by atoms with E-state index in [1.54, 1.807) is 25.3 Å². The summed E-state index contributed by atoms with van der Waals surface area (Å²) in [5.74, 6) is 0.251. The molecule has 3 aromatic carbocycles. The number of amides is 1. The van der Waals surface area contributed by atoms with E-state index in [-0.39, 0.29) is 30.2 Å². The van der Waals surface area contributed by atoms with E-state index in [9.17, 15) is 9.18 Å². The van der Waals surface area contributed by atoms with Crippen molar-refractivity contribution in [1.29, 1.82) is 0 Å². The van der Waals surface area contributed by atoms with Crippen LogP contribution in [0.5, 0.6) is 5.75 Å². The van der Waals surface area contributed by atoms with Gasteiger partial charge in [0.15, 0.2) is 0 Å². The second-order valence-corrected chi connectivity index (χ2v) is 9.16. The van der Waals surface area contributed by atoms with E-state index >= 15 is 0 Å². The average molecular weight is 460 g/mol. The lowest BCUT2D eigenvalue weighted by Gasteiger charge is -2.49. The number of piperazine rings is 1. The van der Waals surface area contributed by atoms with Crippen LogP contribution in [0.25, 0.3) is 0 Å². The summed E-state index contributed by atoms with van der Waals surface area (Å²) in [5.41, 5.74) is 5.19. The fourth-order valence-corrected chi connectivity index (χ4v) is 5.15. The van der Waals surface area contributed by atoms with Gasteiger partial charge in [0, 0.05) is 49.2 Å². The molecule has 1 saturated heterocycles. The third-order valence-electron chi connectivity index (χ3n) is 7.07. The van der Waals surface area contributed by atoms with Gasteiger partial charge in [0.1, 0.15) is 11.6 Å². The molecule has 1 N–H and O–H groups in total. The van der Waals surface area contributed by atoms with E-state index in [4.69, 9.17) is 4.74 Å². The van der Waals surface area contributed by atoms with Crippen LogP contribution < -0.4 is 19.9 Å². The third kappa shape index (κ3) is 4.32. The Morgan fingerprint density at radius 3 is 2.65 bits per heavy atom. The van der Waals surface area contributed by atoms with Gasteiger partial charge < -0.3 is 19.9 Å². The van der Waals surface area contributed by atoms with Crippen LogP contribution in [0.1, 0.15) is 16.7 Å². The molecule has 0 saturated carbocycles. The first-order valence-electron chi connectivity index (χ1n) is 11.8. The van der Waals surface area contributed by atoms with Crippen molar-refractivity contribution in [2.24, 2.45) is 5.92 Å². The highest BCUT2D eigenvalue weighted by molar-refractivity contribution is 5.82. The number of aryl methyl sites for hydroxylation is 1. The van der Waals surface area contributed by atoms with Gasteiger partial charge in [0.05, 0.1) is 19.1 Å². The molecule has 0 unspecified atom stereocenters. The predicted molar refractivity (Wildman–Crippen MR) is 133 cm³/mol. The fraction of sp³-hybridized carbons (Fsp3) is 0.321. The summed E-state index contributed by atoms with van der Waals surface area (Å²) in [7, 11) is 1.68. The van der Waals surface area contributed by atoms with E-state index < -0.39 is 0 Å². The number of rotatable bonds is 5. The summed E-state index contributed by atoms with van der Waals surface area (Å²) in [6.07, 6.45) is 0.644. The number of hydrogen-bond donors (Lipinski definition) is 1. The second-order valence-electron chi connectivity index (χ2n) is 9.16. The maximum Gasteiger partial charge on any atom is 0.225 e. The number of carbonyl (C=O) groups excluding carboxylic acids is 1. The molecule has 0 radical (unpaired) electrons. The topological polar surface area (TPSA) is 44.8 Å². The van der Waals surface area contributed by atoms with Crippen molar-refractivity contribution >= 4 is 17.3 Å². The first-order valence-corrected chi connectivity index (χ1v) is 11.8. The monoisotopic (exact) mass is 459 g/mol. The molecule has 176 valence electrons. The van der Waals surface area contributed by atoms with E-state index in [2.05, 4.69) is 58.4 Å². The summed E-state index contributed by atoms with van der Waals surface area (Å²) in [5, 5.41) is 3.01. The van der Waals surface area contributed by atoms with Crippen LogP contribution in [-0.2, 0) is 17.8 Å². The van der Waals surface area contributed by atoms with Crippen molar-refractivity contribution < 1.29 is 13.9 Å². The molecule has 2 aliphatic heterocycles. The molecule has 0 spiro atoms. The highest BCUT2D eigenvalue weighted by atomic mass is 19.1. The van der Waals surface area contributed by atoms with Crippen LogP contribution in [0.4, 0.5) is 15.8 Å². The van der Waals surface area contributed by atoms with Gasteiger partial charge in [-0.1, -0.05) is 42.0 Å². The maximum absolute atomic E-state index is 14.1. The highest BCUT2D eigenvalue weighted by Crippen LogP contribution is 2.39. The van der Waals surface area contributed by atoms with E-state index in [1.807, 2.05) is 6.07 Å². The van der Waals surface area contributed by atoms with Crippen molar-refractivity contribution in [3.05, 3.63) is 89.2 Å². The Bertz CT molecular complexity index is 1180. The Labute approximate surface area is 200 Å². The number of nitrogens with zero attached hydrogens (tertiary/aromatic N) is 2. The Morgan fingerprint density at radius 1 is 1.09 bits per heavy atom. The number of fused-ring (bicyclic) bond motifs is 3. The largest absolute Gasteiger partial charge is 0.497 e. The standard InChI is InChI=1S/C28H30FN3O2/c1-19-7-10-22(11-8-19)31-13-14-32-26-16-23(34-2)12-9-20(26)15-24(27(32)18-31)28(33)30-17-21-5-3-4-6-25(21)29/h3-12,16,24,27H,13-15,17-18H2,1-2H3,(H,30,33)/t24-,27+/m0/s1. The molecule has 2 atom stereocenters. The Kier molecular flexibility index (Phi) is 6.14. The number of nitrogens with one attached hydrogen (secondary N) is 1. The SMILES string of the molecule is COc1ccc2c(c1)N1CCN(c3ccc(C)cc3)C[C@@H]1[C@@H](C(=O)NCc1ccccc1F)C2. The molecule has 2 aliphatic rings. The number of carbonyl (C=O) groups is 1. The van der Waals surface area contributed by atoms with E-state index in [0.29, 0.717) is 12.0 Å². The molecular formula is C28H30FN3O2. The lowest BCUT2D eigenvalue weighted by molar-refractivity contribution is -0.126. The van der Waals surface area contributed by atoms with Crippen molar-refractivity contribution in [3.8, 4) is 5.75 Å². The summed E-state index contributed by atoms with van der Waals surface area (Å²) in [6, 6.07) is 21.2. The molecule has 0 aromatic heterocycles. The molecule has 2 heterocycles. The number of methoxy groups -OCH3 is 1. The van der Waals surface area contributed by atoms with E-state index in [0.717, 1.165) is 36.6 Å². The number of halogens is 1. The fourth-order valence-electron chi connectivity index (χ4n) is 5.15. The minimum atomic E-state index is -0.297. The van der Waals surface area contributed by atoms with Gasteiger partial charge >= 0.3 is 0 Å². The minimum Gasteiger partial charge on any atom is -0.497 e. The van der Waals surface area contributed by atoms with Gasteiger partial charge in [0.25, 0.3) is 0 Å². The Hall–Kier alpha value is -3.54. The summed E-state index contributed by atoms with van der Waals surface area (Å²) in [6.45, 7) is 4.71.